The zero-order valence-electron chi connectivity index (χ0n) is 11.8. The third-order valence-electron chi connectivity index (χ3n) is 3.22. The molecule has 2 heterocycles. The molecule has 0 radical (unpaired) electrons. The second kappa shape index (κ2) is 6.01. The van der Waals surface area contributed by atoms with E-state index < -0.39 is 0 Å². The predicted octanol–water partition coefficient (Wildman–Crippen LogP) is 0.383. The van der Waals surface area contributed by atoms with E-state index in [9.17, 15) is 0 Å². The lowest BCUT2D eigenvalue weighted by molar-refractivity contribution is 0.208. The summed E-state index contributed by atoms with van der Waals surface area (Å²) in [6, 6.07) is 0.876. The molecular weight excluding hydrogens is 244 g/mol. The Morgan fingerprint density at radius 2 is 1.84 bits per heavy atom. The second-order valence-corrected chi connectivity index (χ2v) is 4.83. The summed E-state index contributed by atoms with van der Waals surface area (Å²) in [4.78, 5) is 17.0. The highest BCUT2D eigenvalue weighted by molar-refractivity contribution is 5.36. The van der Waals surface area contributed by atoms with E-state index in [2.05, 4.69) is 38.6 Å². The van der Waals surface area contributed by atoms with Crippen LogP contribution in [-0.2, 0) is 0 Å². The number of hydrogen-bond donors (Lipinski definition) is 1. The zero-order chi connectivity index (χ0) is 13.8. The Labute approximate surface area is 113 Å². The summed E-state index contributed by atoms with van der Waals surface area (Å²) >= 11 is 0. The van der Waals surface area contributed by atoms with Gasteiger partial charge in [-0.05, 0) is 20.8 Å². The van der Waals surface area contributed by atoms with Gasteiger partial charge in [-0.2, -0.15) is 15.0 Å². The minimum Gasteiger partial charge on any atom is -0.464 e. The highest BCUT2D eigenvalue weighted by atomic mass is 16.5. The Kier molecular flexibility index (Phi) is 4.36. The van der Waals surface area contributed by atoms with Crippen LogP contribution >= 0.6 is 0 Å². The first-order valence-corrected chi connectivity index (χ1v) is 6.73. The third kappa shape index (κ3) is 3.44. The van der Waals surface area contributed by atoms with Crippen molar-refractivity contribution >= 4 is 11.9 Å². The van der Waals surface area contributed by atoms with Crippen LogP contribution in [0.3, 0.4) is 0 Å². The standard InChI is InChI=1S/C12H22N6O/c1-4-19-12-15-10(13)14-11(16-12)18-7-5-17(6-8-18)9(2)3/h9H,4-8H2,1-3H3,(H2,13,14,15,16). The summed E-state index contributed by atoms with van der Waals surface area (Å²) in [5.41, 5.74) is 5.69. The van der Waals surface area contributed by atoms with Crippen LogP contribution in [0, 0.1) is 0 Å². The van der Waals surface area contributed by atoms with E-state index in [0.29, 0.717) is 24.6 Å². The van der Waals surface area contributed by atoms with E-state index in [4.69, 9.17) is 10.5 Å². The fourth-order valence-corrected chi connectivity index (χ4v) is 2.13. The van der Waals surface area contributed by atoms with Crippen molar-refractivity contribution in [2.24, 2.45) is 0 Å². The van der Waals surface area contributed by atoms with Gasteiger partial charge >= 0.3 is 6.01 Å². The molecule has 7 heteroatoms. The van der Waals surface area contributed by atoms with E-state index in [1.165, 1.54) is 0 Å². The molecule has 0 atom stereocenters. The van der Waals surface area contributed by atoms with Crippen molar-refractivity contribution in [2.45, 2.75) is 26.8 Å². The van der Waals surface area contributed by atoms with Crippen molar-refractivity contribution in [2.75, 3.05) is 43.4 Å². The normalized spacial score (nSPS) is 16.9. The maximum Gasteiger partial charge on any atom is 0.323 e. The van der Waals surface area contributed by atoms with Gasteiger partial charge in [-0.25, -0.2) is 0 Å². The molecule has 1 aromatic heterocycles. The third-order valence-corrected chi connectivity index (χ3v) is 3.22. The second-order valence-electron chi connectivity index (χ2n) is 4.83. The molecule has 0 bridgehead atoms. The lowest BCUT2D eigenvalue weighted by Gasteiger charge is -2.36. The van der Waals surface area contributed by atoms with Crippen LogP contribution in [0.15, 0.2) is 0 Å². The molecule has 0 aliphatic carbocycles. The van der Waals surface area contributed by atoms with Gasteiger partial charge in [0.1, 0.15) is 0 Å². The van der Waals surface area contributed by atoms with Crippen LogP contribution in [-0.4, -0.2) is 58.7 Å². The smallest absolute Gasteiger partial charge is 0.323 e. The van der Waals surface area contributed by atoms with Gasteiger partial charge in [-0.1, -0.05) is 0 Å². The Morgan fingerprint density at radius 3 is 2.42 bits per heavy atom. The summed E-state index contributed by atoms with van der Waals surface area (Å²) < 4.78 is 5.30. The van der Waals surface area contributed by atoms with Crippen molar-refractivity contribution in [3.8, 4) is 6.01 Å². The van der Waals surface area contributed by atoms with Crippen molar-refractivity contribution in [1.82, 2.24) is 19.9 Å². The highest BCUT2D eigenvalue weighted by Crippen LogP contribution is 2.16. The highest BCUT2D eigenvalue weighted by Gasteiger charge is 2.21. The van der Waals surface area contributed by atoms with Crippen molar-refractivity contribution in [3.63, 3.8) is 0 Å². The van der Waals surface area contributed by atoms with Gasteiger partial charge in [0.25, 0.3) is 0 Å². The maximum atomic E-state index is 5.69. The Balaban J connectivity index is 2.06. The van der Waals surface area contributed by atoms with E-state index >= 15 is 0 Å². The average Bonchev–Trinajstić information content (AvgIpc) is 2.38. The molecule has 2 rings (SSSR count). The largest absolute Gasteiger partial charge is 0.464 e. The van der Waals surface area contributed by atoms with Gasteiger partial charge < -0.3 is 15.4 Å². The Bertz CT molecular complexity index is 417. The molecule has 1 saturated heterocycles. The molecule has 0 amide bonds. The molecule has 0 unspecified atom stereocenters. The number of nitrogens with zero attached hydrogens (tertiary/aromatic N) is 5. The zero-order valence-corrected chi connectivity index (χ0v) is 11.8. The molecule has 1 aromatic rings. The van der Waals surface area contributed by atoms with E-state index in [1.54, 1.807) is 0 Å². The van der Waals surface area contributed by atoms with Crippen molar-refractivity contribution in [1.29, 1.82) is 0 Å². The Hall–Kier alpha value is -1.63. The molecule has 2 N–H and O–H groups in total. The minimum absolute atomic E-state index is 0.208. The van der Waals surface area contributed by atoms with E-state index in [1.807, 2.05) is 6.92 Å². The van der Waals surface area contributed by atoms with Gasteiger partial charge in [-0.15, -0.1) is 0 Å². The summed E-state index contributed by atoms with van der Waals surface area (Å²) in [5.74, 6) is 0.819. The van der Waals surface area contributed by atoms with Crippen LogP contribution in [0.4, 0.5) is 11.9 Å². The van der Waals surface area contributed by atoms with Crippen LogP contribution < -0.4 is 15.4 Å². The van der Waals surface area contributed by atoms with Crippen LogP contribution in [0.25, 0.3) is 0 Å². The summed E-state index contributed by atoms with van der Waals surface area (Å²) in [5, 5.41) is 0. The topological polar surface area (TPSA) is 80.4 Å². The van der Waals surface area contributed by atoms with Crippen molar-refractivity contribution in [3.05, 3.63) is 0 Å². The van der Waals surface area contributed by atoms with Crippen LogP contribution in [0.2, 0.25) is 0 Å². The van der Waals surface area contributed by atoms with Gasteiger partial charge in [0.05, 0.1) is 6.61 Å². The number of nitrogens with two attached hydrogens (primary N) is 1. The predicted molar refractivity (Wildman–Crippen MR) is 74.3 cm³/mol. The first kappa shape index (κ1) is 13.8. The number of piperazine rings is 1. The van der Waals surface area contributed by atoms with Gasteiger partial charge in [-0.3, -0.25) is 4.90 Å². The maximum absolute atomic E-state index is 5.69. The number of nitrogen functional groups attached to an aromatic ring is 1. The SMILES string of the molecule is CCOc1nc(N)nc(N2CCN(C(C)C)CC2)n1. The molecule has 1 fully saturated rings. The number of ether oxygens (including phenoxy) is 1. The van der Waals surface area contributed by atoms with Crippen LogP contribution in [0.1, 0.15) is 20.8 Å². The lowest BCUT2D eigenvalue weighted by atomic mass is 10.2. The van der Waals surface area contributed by atoms with E-state index in [0.717, 1.165) is 26.2 Å². The fourth-order valence-electron chi connectivity index (χ4n) is 2.13. The van der Waals surface area contributed by atoms with Gasteiger partial charge in [0, 0.05) is 32.2 Å². The van der Waals surface area contributed by atoms with Crippen LogP contribution in [0.5, 0.6) is 6.01 Å². The summed E-state index contributed by atoms with van der Waals surface area (Å²) in [6.45, 7) is 10.6. The quantitative estimate of drug-likeness (QED) is 0.844. The first-order valence-electron chi connectivity index (χ1n) is 6.73. The number of aromatic nitrogens is 3. The van der Waals surface area contributed by atoms with Crippen molar-refractivity contribution < 1.29 is 4.74 Å². The molecule has 0 spiro atoms. The molecule has 1 aliphatic heterocycles. The molecule has 106 valence electrons. The molecule has 0 saturated carbocycles. The minimum atomic E-state index is 0.208. The molecule has 7 nitrogen and oxygen atoms in total. The number of anilines is 2. The molecule has 1 aliphatic rings. The lowest BCUT2D eigenvalue weighted by Crippen LogP contribution is -2.49. The monoisotopic (exact) mass is 266 g/mol. The van der Waals surface area contributed by atoms with E-state index in [-0.39, 0.29) is 5.95 Å². The number of rotatable bonds is 4. The number of hydrogen-bond acceptors (Lipinski definition) is 7. The molecule has 19 heavy (non-hydrogen) atoms. The fraction of sp³-hybridized carbons (Fsp3) is 0.750. The molecular formula is C12H22N6O. The van der Waals surface area contributed by atoms with Gasteiger partial charge in [0.15, 0.2) is 0 Å². The first-order chi connectivity index (χ1) is 9.10. The average molecular weight is 266 g/mol. The summed E-state index contributed by atoms with van der Waals surface area (Å²) in [7, 11) is 0. The molecule has 0 aromatic carbocycles. The Morgan fingerprint density at radius 1 is 1.16 bits per heavy atom. The summed E-state index contributed by atoms with van der Waals surface area (Å²) in [6.07, 6.45) is 0. The van der Waals surface area contributed by atoms with Gasteiger partial charge in [0.2, 0.25) is 11.9 Å².